The fourth-order valence-electron chi connectivity index (χ4n) is 2.95. The van der Waals surface area contributed by atoms with Crippen molar-refractivity contribution in [3.63, 3.8) is 0 Å². The van der Waals surface area contributed by atoms with Crippen LogP contribution in [-0.4, -0.2) is 49.4 Å². The van der Waals surface area contributed by atoms with Gasteiger partial charge in [-0.1, -0.05) is 30.3 Å². The van der Waals surface area contributed by atoms with E-state index in [0.717, 1.165) is 16.8 Å². The van der Waals surface area contributed by atoms with Crippen LogP contribution in [0.2, 0.25) is 0 Å². The minimum Gasteiger partial charge on any atom is -0.394 e. The van der Waals surface area contributed by atoms with Crippen molar-refractivity contribution >= 4 is 0 Å². The number of ether oxygens (including phenoxy) is 1. The van der Waals surface area contributed by atoms with Crippen LogP contribution >= 0.6 is 0 Å². The Hall–Kier alpha value is -2.40. The lowest BCUT2D eigenvalue weighted by atomic mass is 10.1. The summed E-state index contributed by atoms with van der Waals surface area (Å²) in [6.45, 7) is -1.82. The second-order valence-electron chi connectivity index (χ2n) is 6.23. The molecule has 0 radical (unpaired) electrons. The van der Waals surface area contributed by atoms with E-state index in [1.807, 2.05) is 0 Å². The molecule has 2 aromatic rings. The number of alkyl halides is 2. The second-order valence-corrected chi connectivity index (χ2v) is 6.23. The molecule has 0 saturated carbocycles. The van der Waals surface area contributed by atoms with Gasteiger partial charge in [-0.05, 0) is 0 Å². The molecule has 4 atom stereocenters. The highest BCUT2D eigenvalue weighted by Gasteiger charge is 2.44. The Morgan fingerprint density at radius 3 is 2.33 bits per heavy atom. The number of aromatic nitrogens is 2. The zero-order chi connectivity index (χ0) is 19.8. The molecule has 1 aliphatic rings. The maximum absolute atomic E-state index is 14.5. The molecule has 1 aromatic heterocycles. The highest BCUT2D eigenvalue weighted by molar-refractivity contribution is 5.19. The largest absolute Gasteiger partial charge is 0.394 e. The number of hydrogen-bond donors (Lipinski definition) is 3. The number of halogens is 2. The summed E-state index contributed by atoms with van der Waals surface area (Å²) in [5, 5.41) is 29.0. The molecule has 3 rings (SSSR count). The lowest BCUT2D eigenvalue weighted by molar-refractivity contribution is -0.0577. The molecule has 0 spiro atoms. The van der Waals surface area contributed by atoms with Crippen LogP contribution in [0.5, 0.6) is 0 Å². The molecule has 8 nitrogen and oxygen atoms in total. The fraction of sp³-hybridized carbons (Fsp3) is 0.412. The Kier molecular flexibility index (Phi) is 5.24. The molecule has 27 heavy (non-hydrogen) atoms. The Morgan fingerprint density at radius 2 is 1.74 bits per heavy atom. The number of aliphatic hydroxyl groups excluding tert-OH is 3. The van der Waals surface area contributed by atoms with Crippen LogP contribution in [0.4, 0.5) is 8.78 Å². The van der Waals surface area contributed by atoms with E-state index >= 15 is 0 Å². The smallest absolute Gasteiger partial charge is 0.333 e. The summed E-state index contributed by atoms with van der Waals surface area (Å²) in [4.78, 5) is 24.6. The van der Waals surface area contributed by atoms with Crippen LogP contribution < -0.4 is 11.2 Å². The number of nitrogens with zero attached hydrogens (tertiary/aromatic N) is 2. The molecule has 4 unspecified atom stereocenters. The van der Waals surface area contributed by atoms with Crippen molar-refractivity contribution in [1.29, 1.82) is 0 Å². The molecule has 2 heterocycles. The van der Waals surface area contributed by atoms with E-state index in [-0.39, 0.29) is 5.56 Å². The van der Waals surface area contributed by atoms with Crippen LogP contribution in [0.25, 0.3) is 0 Å². The van der Waals surface area contributed by atoms with E-state index in [4.69, 9.17) is 9.84 Å². The molecular weight excluding hydrogens is 366 g/mol. The van der Waals surface area contributed by atoms with Crippen LogP contribution in [0.1, 0.15) is 11.8 Å². The Morgan fingerprint density at radius 1 is 1.07 bits per heavy atom. The Bertz CT molecular complexity index is 914. The van der Waals surface area contributed by atoms with Gasteiger partial charge < -0.3 is 20.1 Å². The van der Waals surface area contributed by atoms with E-state index < -0.39 is 54.9 Å². The first-order valence-electron chi connectivity index (χ1n) is 8.14. The highest BCUT2D eigenvalue weighted by Crippen LogP contribution is 2.30. The summed E-state index contributed by atoms with van der Waals surface area (Å²) >= 11 is 0. The summed E-state index contributed by atoms with van der Waals surface area (Å²) < 4.78 is 35.3. The molecule has 1 aromatic carbocycles. The van der Waals surface area contributed by atoms with Crippen LogP contribution in [-0.2, 0) is 17.2 Å². The predicted octanol–water partition coefficient (Wildman–Crippen LogP) is -0.587. The van der Waals surface area contributed by atoms with E-state index in [2.05, 4.69) is 0 Å². The molecular formula is C17H18F2N2O6. The standard InChI is InChI=1S/C17H18F2N2O6/c18-17(19,10-4-2-1-3-5-10)9-21-12(23)6-7-20(16(21)26)15-14(25)13(24)11(8-22)27-15/h1-7,11,13-15,22,24-25H,8-9H2. The first-order chi connectivity index (χ1) is 12.8. The number of hydrogen-bond acceptors (Lipinski definition) is 6. The number of benzene rings is 1. The van der Waals surface area contributed by atoms with Crippen LogP contribution in [0.15, 0.2) is 52.2 Å². The second kappa shape index (κ2) is 7.31. The van der Waals surface area contributed by atoms with Crippen molar-refractivity contribution in [2.75, 3.05) is 6.61 Å². The molecule has 1 fully saturated rings. The van der Waals surface area contributed by atoms with Crippen molar-refractivity contribution in [3.8, 4) is 0 Å². The van der Waals surface area contributed by atoms with Crippen LogP contribution in [0, 0.1) is 0 Å². The van der Waals surface area contributed by atoms with Crippen molar-refractivity contribution in [2.24, 2.45) is 0 Å². The molecule has 1 saturated heterocycles. The average Bonchev–Trinajstić information content (AvgIpc) is 2.94. The Balaban J connectivity index is 1.98. The summed E-state index contributed by atoms with van der Waals surface area (Å²) in [5.74, 6) is -3.49. The number of aliphatic hydroxyl groups is 3. The summed E-state index contributed by atoms with van der Waals surface area (Å²) in [5.41, 5.74) is -2.44. The predicted molar refractivity (Wildman–Crippen MR) is 88.3 cm³/mol. The third-order valence-corrected chi connectivity index (χ3v) is 4.44. The Labute approximate surface area is 151 Å². The number of rotatable bonds is 5. The van der Waals surface area contributed by atoms with Gasteiger partial charge in [-0.15, -0.1) is 0 Å². The third kappa shape index (κ3) is 3.56. The van der Waals surface area contributed by atoms with Crippen molar-refractivity contribution in [1.82, 2.24) is 9.13 Å². The normalized spacial score (nSPS) is 25.7. The van der Waals surface area contributed by atoms with Crippen LogP contribution in [0.3, 0.4) is 0 Å². The average molecular weight is 384 g/mol. The topological polar surface area (TPSA) is 114 Å². The molecule has 3 N–H and O–H groups in total. The lowest BCUT2D eigenvalue weighted by Gasteiger charge is -2.21. The monoisotopic (exact) mass is 384 g/mol. The van der Waals surface area contributed by atoms with Gasteiger partial charge in [0.2, 0.25) is 0 Å². The molecule has 10 heteroatoms. The molecule has 0 aliphatic carbocycles. The zero-order valence-corrected chi connectivity index (χ0v) is 14.0. The highest BCUT2D eigenvalue weighted by atomic mass is 19.3. The van der Waals surface area contributed by atoms with Gasteiger partial charge >= 0.3 is 5.69 Å². The van der Waals surface area contributed by atoms with E-state index in [1.165, 1.54) is 24.3 Å². The van der Waals surface area contributed by atoms with Gasteiger partial charge in [-0.25, -0.2) is 4.79 Å². The van der Waals surface area contributed by atoms with Crippen molar-refractivity contribution < 1.29 is 28.8 Å². The minimum absolute atomic E-state index is 0.335. The fourth-order valence-corrected chi connectivity index (χ4v) is 2.95. The van der Waals surface area contributed by atoms with Gasteiger partial charge in [0.1, 0.15) is 18.3 Å². The van der Waals surface area contributed by atoms with Gasteiger partial charge in [0.25, 0.3) is 11.5 Å². The SMILES string of the molecule is O=c1ccn(C2OC(CO)C(O)C2O)c(=O)n1CC(F)(F)c1ccccc1. The zero-order valence-electron chi connectivity index (χ0n) is 14.0. The quantitative estimate of drug-likeness (QED) is 0.635. The van der Waals surface area contributed by atoms with E-state index in [9.17, 15) is 28.6 Å². The van der Waals surface area contributed by atoms with Gasteiger partial charge in [0.05, 0.1) is 13.2 Å². The van der Waals surface area contributed by atoms with E-state index in [0.29, 0.717) is 4.57 Å². The molecule has 146 valence electrons. The third-order valence-electron chi connectivity index (χ3n) is 4.44. The summed E-state index contributed by atoms with van der Waals surface area (Å²) in [7, 11) is 0. The first kappa shape index (κ1) is 19.4. The van der Waals surface area contributed by atoms with Gasteiger partial charge in [0, 0.05) is 17.8 Å². The summed E-state index contributed by atoms with van der Waals surface area (Å²) in [6, 6.07) is 7.63. The van der Waals surface area contributed by atoms with Gasteiger partial charge in [-0.2, -0.15) is 8.78 Å². The first-order valence-corrected chi connectivity index (χ1v) is 8.14. The maximum Gasteiger partial charge on any atom is 0.333 e. The molecule has 0 bridgehead atoms. The van der Waals surface area contributed by atoms with Crippen molar-refractivity contribution in [2.45, 2.75) is 37.0 Å². The van der Waals surface area contributed by atoms with Gasteiger partial charge in [0.15, 0.2) is 6.23 Å². The van der Waals surface area contributed by atoms with Crippen molar-refractivity contribution in [3.05, 3.63) is 69.0 Å². The molecule has 0 amide bonds. The minimum atomic E-state index is -3.49. The van der Waals surface area contributed by atoms with Gasteiger partial charge in [-0.3, -0.25) is 13.9 Å². The van der Waals surface area contributed by atoms with E-state index in [1.54, 1.807) is 6.07 Å². The lowest BCUT2D eigenvalue weighted by Crippen LogP contribution is -2.45. The molecule has 1 aliphatic heterocycles. The summed E-state index contributed by atoms with van der Waals surface area (Å²) in [6.07, 6.45) is -4.65. The maximum atomic E-state index is 14.5.